The summed E-state index contributed by atoms with van der Waals surface area (Å²) in [5.74, 6) is 1.58. The second-order valence-electron chi connectivity index (χ2n) is 4.33. The van der Waals surface area contributed by atoms with Crippen LogP contribution in [0.15, 0.2) is 0 Å². The fraction of sp³-hybridized carbons (Fsp3) is 1.00. The summed E-state index contributed by atoms with van der Waals surface area (Å²) >= 11 is 0. The third kappa shape index (κ3) is 14.8. The van der Waals surface area contributed by atoms with Crippen molar-refractivity contribution in [1.82, 2.24) is 5.32 Å². The Kier molecular flexibility index (Phi) is 11.9. The number of hydrogen-bond acceptors (Lipinski definition) is 1. The van der Waals surface area contributed by atoms with Gasteiger partial charge < -0.3 is 5.32 Å². The van der Waals surface area contributed by atoms with Crippen molar-refractivity contribution in [3.8, 4) is 0 Å². The lowest BCUT2D eigenvalue weighted by atomic mass is 10.0. The van der Waals surface area contributed by atoms with Gasteiger partial charge >= 0.3 is 0 Å². The normalized spacial score (nSPS) is 12.7. The van der Waals surface area contributed by atoms with Crippen molar-refractivity contribution in [1.29, 1.82) is 0 Å². The van der Waals surface area contributed by atoms with Gasteiger partial charge in [0.2, 0.25) is 0 Å². The summed E-state index contributed by atoms with van der Waals surface area (Å²) in [6.45, 7) is 16.4. The minimum absolute atomic E-state index is 0.678. The Hall–Kier alpha value is -0.0400. The van der Waals surface area contributed by atoms with E-state index in [1.807, 2.05) is 13.8 Å². The van der Waals surface area contributed by atoms with Crippen LogP contribution >= 0.6 is 0 Å². The zero-order chi connectivity index (χ0) is 10.9. The Morgan fingerprint density at radius 2 is 1.31 bits per heavy atom. The molecule has 1 nitrogen and oxygen atoms in total. The second kappa shape index (κ2) is 10.0. The molecule has 1 unspecified atom stereocenters. The highest BCUT2D eigenvalue weighted by atomic mass is 14.9. The first-order chi connectivity index (χ1) is 6.02. The zero-order valence-electron chi connectivity index (χ0n) is 10.6. The van der Waals surface area contributed by atoms with Gasteiger partial charge in [0.15, 0.2) is 0 Å². The lowest BCUT2D eigenvalue weighted by Gasteiger charge is -2.17. The lowest BCUT2D eigenvalue weighted by molar-refractivity contribution is 0.417. The molecular formula is C12H29N. The average molecular weight is 187 g/mol. The summed E-state index contributed by atoms with van der Waals surface area (Å²) in [5, 5.41) is 3.51. The molecule has 0 amide bonds. The molecule has 0 aliphatic carbocycles. The molecule has 0 aliphatic rings. The smallest absolute Gasteiger partial charge is 0.00412 e. The SMILES string of the molecule is CC.CC(C)CNC(C)CC(C)C. The molecule has 0 saturated carbocycles. The summed E-state index contributed by atoms with van der Waals surface area (Å²) in [4.78, 5) is 0. The maximum atomic E-state index is 3.51. The van der Waals surface area contributed by atoms with Gasteiger partial charge in [-0.15, -0.1) is 0 Å². The summed E-state index contributed by atoms with van der Waals surface area (Å²) in [6, 6.07) is 0.678. The second-order valence-corrected chi connectivity index (χ2v) is 4.33. The van der Waals surface area contributed by atoms with Gasteiger partial charge in [0.25, 0.3) is 0 Å². The highest BCUT2D eigenvalue weighted by Crippen LogP contribution is 2.03. The summed E-state index contributed by atoms with van der Waals surface area (Å²) in [6.07, 6.45) is 1.28. The third-order valence-electron chi connectivity index (χ3n) is 1.70. The molecule has 0 aromatic heterocycles. The van der Waals surface area contributed by atoms with Crippen LogP contribution in [0, 0.1) is 11.8 Å². The molecule has 1 atom stereocenters. The first kappa shape index (κ1) is 15.4. The van der Waals surface area contributed by atoms with Gasteiger partial charge in [0.05, 0.1) is 0 Å². The van der Waals surface area contributed by atoms with Gasteiger partial charge in [-0.05, 0) is 31.7 Å². The van der Waals surface area contributed by atoms with Gasteiger partial charge in [-0.1, -0.05) is 41.5 Å². The Morgan fingerprint density at radius 3 is 1.62 bits per heavy atom. The molecule has 0 saturated heterocycles. The van der Waals surface area contributed by atoms with E-state index in [9.17, 15) is 0 Å². The quantitative estimate of drug-likeness (QED) is 0.692. The zero-order valence-corrected chi connectivity index (χ0v) is 10.6. The van der Waals surface area contributed by atoms with Crippen LogP contribution in [0.25, 0.3) is 0 Å². The molecule has 13 heavy (non-hydrogen) atoms. The maximum Gasteiger partial charge on any atom is 0.00412 e. The lowest BCUT2D eigenvalue weighted by Crippen LogP contribution is -2.30. The van der Waals surface area contributed by atoms with E-state index in [0.29, 0.717) is 6.04 Å². The third-order valence-corrected chi connectivity index (χ3v) is 1.70. The number of nitrogens with one attached hydrogen (secondary N) is 1. The van der Waals surface area contributed by atoms with E-state index in [0.717, 1.165) is 18.4 Å². The maximum absolute atomic E-state index is 3.51. The van der Waals surface area contributed by atoms with Crippen LogP contribution in [0.5, 0.6) is 0 Å². The van der Waals surface area contributed by atoms with E-state index in [1.165, 1.54) is 6.42 Å². The Bertz CT molecular complexity index is 87.1. The monoisotopic (exact) mass is 187 g/mol. The average Bonchev–Trinajstić information content (AvgIpc) is 2.03. The first-order valence-electron chi connectivity index (χ1n) is 5.75. The van der Waals surface area contributed by atoms with Crippen LogP contribution in [-0.4, -0.2) is 12.6 Å². The molecule has 0 fully saturated rings. The van der Waals surface area contributed by atoms with E-state index in [2.05, 4.69) is 39.9 Å². The molecule has 0 rings (SSSR count). The molecule has 0 bridgehead atoms. The predicted octanol–water partition coefficient (Wildman–Crippen LogP) is 3.69. The highest BCUT2D eigenvalue weighted by Gasteiger charge is 2.03. The summed E-state index contributed by atoms with van der Waals surface area (Å²) in [7, 11) is 0. The first-order valence-corrected chi connectivity index (χ1v) is 5.75. The molecule has 0 aliphatic heterocycles. The molecule has 0 aromatic carbocycles. The van der Waals surface area contributed by atoms with Crippen LogP contribution in [0.4, 0.5) is 0 Å². The van der Waals surface area contributed by atoms with Gasteiger partial charge in [-0.25, -0.2) is 0 Å². The van der Waals surface area contributed by atoms with Gasteiger partial charge in [-0.3, -0.25) is 0 Å². The van der Waals surface area contributed by atoms with Gasteiger partial charge in [-0.2, -0.15) is 0 Å². The molecule has 1 heteroatoms. The minimum Gasteiger partial charge on any atom is -0.314 e. The predicted molar refractivity (Wildman–Crippen MR) is 63.1 cm³/mol. The van der Waals surface area contributed by atoms with Crippen LogP contribution < -0.4 is 5.32 Å². The van der Waals surface area contributed by atoms with Crippen molar-refractivity contribution in [3.63, 3.8) is 0 Å². The molecule has 82 valence electrons. The van der Waals surface area contributed by atoms with Crippen LogP contribution in [-0.2, 0) is 0 Å². The summed E-state index contributed by atoms with van der Waals surface area (Å²) < 4.78 is 0. The van der Waals surface area contributed by atoms with Crippen molar-refractivity contribution in [2.75, 3.05) is 6.54 Å². The van der Waals surface area contributed by atoms with Gasteiger partial charge in [0, 0.05) is 6.04 Å². The fourth-order valence-corrected chi connectivity index (χ4v) is 1.23. The fourth-order valence-electron chi connectivity index (χ4n) is 1.23. The molecule has 0 radical (unpaired) electrons. The highest BCUT2D eigenvalue weighted by molar-refractivity contribution is 4.63. The van der Waals surface area contributed by atoms with E-state index in [4.69, 9.17) is 0 Å². The standard InChI is InChI=1S/C10H23N.C2H6/c1-8(2)6-10(5)11-7-9(3)4;1-2/h8-11H,6-7H2,1-5H3;1-2H3. The number of rotatable bonds is 5. The molecule has 0 heterocycles. The van der Waals surface area contributed by atoms with E-state index >= 15 is 0 Å². The van der Waals surface area contributed by atoms with E-state index in [-0.39, 0.29) is 0 Å². The van der Waals surface area contributed by atoms with Gasteiger partial charge in [0.1, 0.15) is 0 Å². The largest absolute Gasteiger partial charge is 0.314 e. The Morgan fingerprint density at radius 1 is 0.846 bits per heavy atom. The Labute approximate surface area is 85.3 Å². The van der Waals surface area contributed by atoms with Crippen molar-refractivity contribution in [3.05, 3.63) is 0 Å². The van der Waals surface area contributed by atoms with Crippen molar-refractivity contribution in [2.24, 2.45) is 11.8 Å². The van der Waals surface area contributed by atoms with Crippen LogP contribution in [0.1, 0.15) is 54.9 Å². The molecule has 0 spiro atoms. The van der Waals surface area contributed by atoms with Crippen molar-refractivity contribution in [2.45, 2.75) is 60.9 Å². The van der Waals surface area contributed by atoms with Crippen molar-refractivity contribution >= 4 is 0 Å². The topological polar surface area (TPSA) is 12.0 Å². The van der Waals surface area contributed by atoms with Crippen LogP contribution in [0.2, 0.25) is 0 Å². The molecule has 0 aromatic rings. The minimum atomic E-state index is 0.678. The van der Waals surface area contributed by atoms with Crippen molar-refractivity contribution < 1.29 is 0 Å². The number of hydrogen-bond donors (Lipinski definition) is 1. The van der Waals surface area contributed by atoms with E-state index in [1.54, 1.807) is 0 Å². The summed E-state index contributed by atoms with van der Waals surface area (Å²) in [5.41, 5.74) is 0. The Balaban J connectivity index is 0. The van der Waals surface area contributed by atoms with E-state index < -0.39 is 0 Å². The molecular weight excluding hydrogens is 158 g/mol. The molecule has 1 N–H and O–H groups in total. The van der Waals surface area contributed by atoms with Crippen LogP contribution in [0.3, 0.4) is 0 Å².